The normalized spacial score (nSPS) is 17.2. The van der Waals surface area contributed by atoms with Crippen LogP contribution >= 0.6 is 0 Å². The van der Waals surface area contributed by atoms with Crippen molar-refractivity contribution >= 4 is 10.9 Å². The van der Waals surface area contributed by atoms with Gasteiger partial charge in [0.25, 0.3) is 0 Å². The molecule has 1 fully saturated rings. The summed E-state index contributed by atoms with van der Waals surface area (Å²) in [5, 5.41) is 1.23. The SMILES string of the molecule is NC(CCc1cnc2ccccc2c1)C1CC1. The number of nitrogens with two attached hydrogens (primary N) is 1. The molecule has 0 radical (unpaired) electrons. The van der Waals surface area contributed by atoms with E-state index in [1.165, 1.54) is 23.8 Å². The van der Waals surface area contributed by atoms with Crippen molar-refractivity contribution in [2.45, 2.75) is 31.7 Å². The molecule has 1 atom stereocenters. The zero-order valence-electron chi connectivity index (χ0n) is 9.97. The minimum Gasteiger partial charge on any atom is -0.327 e. The highest BCUT2D eigenvalue weighted by molar-refractivity contribution is 5.78. The Labute approximate surface area is 102 Å². The van der Waals surface area contributed by atoms with Gasteiger partial charge in [0.2, 0.25) is 0 Å². The number of hydrogen-bond acceptors (Lipinski definition) is 2. The molecular weight excluding hydrogens is 208 g/mol. The zero-order valence-corrected chi connectivity index (χ0v) is 9.97. The molecule has 1 aromatic heterocycles. The number of para-hydroxylation sites is 1. The van der Waals surface area contributed by atoms with Gasteiger partial charge in [-0.2, -0.15) is 0 Å². The van der Waals surface area contributed by atoms with E-state index in [2.05, 4.69) is 29.2 Å². The first-order chi connectivity index (χ1) is 8.33. The van der Waals surface area contributed by atoms with E-state index in [0.717, 1.165) is 24.3 Å². The molecule has 1 heterocycles. The van der Waals surface area contributed by atoms with Crippen LogP contribution in [0.3, 0.4) is 0 Å². The minimum absolute atomic E-state index is 0.390. The van der Waals surface area contributed by atoms with Crippen molar-refractivity contribution in [2.24, 2.45) is 11.7 Å². The highest BCUT2D eigenvalue weighted by Gasteiger charge is 2.27. The maximum Gasteiger partial charge on any atom is 0.0702 e. The van der Waals surface area contributed by atoms with Crippen molar-refractivity contribution in [1.82, 2.24) is 4.98 Å². The molecule has 0 saturated heterocycles. The highest BCUT2D eigenvalue weighted by Crippen LogP contribution is 2.33. The lowest BCUT2D eigenvalue weighted by atomic mass is 10.0. The van der Waals surface area contributed by atoms with E-state index >= 15 is 0 Å². The zero-order chi connectivity index (χ0) is 11.7. The summed E-state index contributed by atoms with van der Waals surface area (Å²) in [5.41, 5.74) is 8.50. The lowest BCUT2D eigenvalue weighted by molar-refractivity contribution is 0.550. The monoisotopic (exact) mass is 226 g/mol. The van der Waals surface area contributed by atoms with Gasteiger partial charge in [0.1, 0.15) is 0 Å². The number of fused-ring (bicyclic) bond motifs is 1. The number of hydrogen-bond donors (Lipinski definition) is 1. The van der Waals surface area contributed by atoms with Crippen LogP contribution in [0.25, 0.3) is 10.9 Å². The summed E-state index contributed by atoms with van der Waals surface area (Å²) in [6.45, 7) is 0. The van der Waals surface area contributed by atoms with Gasteiger partial charge in [0.05, 0.1) is 5.52 Å². The first-order valence-electron chi connectivity index (χ1n) is 6.42. The lowest BCUT2D eigenvalue weighted by Crippen LogP contribution is -2.22. The van der Waals surface area contributed by atoms with Crippen molar-refractivity contribution in [2.75, 3.05) is 0 Å². The van der Waals surface area contributed by atoms with Gasteiger partial charge in [-0.25, -0.2) is 0 Å². The van der Waals surface area contributed by atoms with Crippen LogP contribution in [0.2, 0.25) is 0 Å². The topological polar surface area (TPSA) is 38.9 Å². The van der Waals surface area contributed by atoms with E-state index in [-0.39, 0.29) is 0 Å². The quantitative estimate of drug-likeness (QED) is 0.870. The van der Waals surface area contributed by atoms with Gasteiger partial charge in [0, 0.05) is 17.6 Å². The smallest absolute Gasteiger partial charge is 0.0702 e. The molecule has 1 aliphatic carbocycles. The van der Waals surface area contributed by atoms with Crippen LogP contribution in [0.1, 0.15) is 24.8 Å². The highest BCUT2D eigenvalue weighted by atomic mass is 14.7. The maximum absolute atomic E-state index is 6.12. The van der Waals surface area contributed by atoms with Crippen molar-refractivity contribution < 1.29 is 0 Å². The summed E-state index contributed by atoms with van der Waals surface area (Å²) in [5.74, 6) is 0.795. The number of aryl methyl sites for hydroxylation is 1. The van der Waals surface area contributed by atoms with Crippen molar-refractivity contribution in [1.29, 1.82) is 0 Å². The van der Waals surface area contributed by atoms with Gasteiger partial charge in [-0.1, -0.05) is 18.2 Å². The predicted molar refractivity (Wildman–Crippen MR) is 70.8 cm³/mol. The van der Waals surface area contributed by atoms with Crippen molar-refractivity contribution in [3.63, 3.8) is 0 Å². The fourth-order valence-electron chi connectivity index (χ4n) is 2.35. The van der Waals surface area contributed by atoms with Gasteiger partial charge >= 0.3 is 0 Å². The molecule has 0 bridgehead atoms. The maximum atomic E-state index is 6.12. The second-order valence-corrected chi connectivity index (χ2v) is 5.08. The average molecular weight is 226 g/mol. The summed E-state index contributed by atoms with van der Waals surface area (Å²) < 4.78 is 0. The van der Waals surface area contributed by atoms with Crippen molar-refractivity contribution in [3.05, 3.63) is 42.1 Å². The Morgan fingerprint density at radius 3 is 2.94 bits per heavy atom. The van der Waals surface area contributed by atoms with Gasteiger partial charge in [-0.15, -0.1) is 0 Å². The largest absolute Gasteiger partial charge is 0.327 e. The summed E-state index contributed by atoms with van der Waals surface area (Å²) >= 11 is 0. The Balaban J connectivity index is 1.71. The van der Waals surface area contributed by atoms with Crippen LogP contribution in [0.5, 0.6) is 0 Å². The Morgan fingerprint density at radius 1 is 1.29 bits per heavy atom. The third-order valence-corrected chi connectivity index (χ3v) is 3.64. The molecule has 0 amide bonds. The Bertz CT molecular complexity index is 517. The van der Waals surface area contributed by atoms with Crippen LogP contribution in [0.4, 0.5) is 0 Å². The van der Waals surface area contributed by atoms with E-state index in [0.29, 0.717) is 6.04 Å². The molecular formula is C15H18N2. The van der Waals surface area contributed by atoms with Crippen LogP contribution in [-0.4, -0.2) is 11.0 Å². The van der Waals surface area contributed by atoms with E-state index in [9.17, 15) is 0 Å². The van der Waals surface area contributed by atoms with Crippen LogP contribution < -0.4 is 5.73 Å². The summed E-state index contributed by atoms with van der Waals surface area (Å²) in [4.78, 5) is 4.48. The van der Waals surface area contributed by atoms with Gasteiger partial charge in [-0.3, -0.25) is 4.98 Å². The van der Waals surface area contributed by atoms with Gasteiger partial charge < -0.3 is 5.73 Å². The molecule has 2 aromatic rings. The molecule has 1 aliphatic rings. The molecule has 3 rings (SSSR count). The summed E-state index contributed by atoms with van der Waals surface area (Å²) in [6, 6.07) is 10.9. The molecule has 0 aliphatic heterocycles. The first kappa shape index (κ1) is 10.7. The minimum atomic E-state index is 0.390. The molecule has 88 valence electrons. The lowest BCUT2D eigenvalue weighted by Gasteiger charge is -2.09. The van der Waals surface area contributed by atoms with Crippen LogP contribution in [-0.2, 0) is 6.42 Å². The van der Waals surface area contributed by atoms with Crippen LogP contribution in [0, 0.1) is 5.92 Å². The molecule has 2 N–H and O–H groups in total. The molecule has 2 heteroatoms. The summed E-state index contributed by atoms with van der Waals surface area (Å²) in [7, 11) is 0. The molecule has 1 aromatic carbocycles. The second-order valence-electron chi connectivity index (χ2n) is 5.08. The number of aromatic nitrogens is 1. The van der Waals surface area contributed by atoms with Crippen molar-refractivity contribution in [3.8, 4) is 0 Å². The molecule has 2 nitrogen and oxygen atoms in total. The predicted octanol–water partition coefficient (Wildman–Crippen LogP) is 2.90. The molecule has 17 heavy (non-hydrogen) atoms. The number of pyridine rings is 1. The molecule has 0 spiro atoms. The fraction of sp³-hybridized carbons (Fsp3) is 0.400. The van der Waals surface area contributed by atoms with Gasteiger partial charge in [-0.05, 0) is 49.3 Å². The number of rotatable bonds is 4. The van der Waals surface area contributed by atoms with Gasteiger partial charge in [0.15, 0.2) is 0 Å². The third kappa shape index (κ3) is 2.47. The van der Waals surface area contributed by atoms with E-state index < -0.39 is 0 Å². The Hall–Kier alpha value is -1.41. The fourth-order valence-corrected chi connectivity index (χ4v) is 2.35. The first-order valence-corrected chi connectivity index (χ1v) is 6.42. The Morgan fingerprint density at radius 2 is 2.12 bits per heavy atom. The molecule has 1 unspecified atom stereocenters. The Kier molecular flexibility index (Phi) is 2.81. The average Bonchev–Trinajstić information content (AvgIpc) is 3.20. The second kappa shape index (κ2) is 4.46. The number of nitrogens with zero attached hydrogens (tertiary/aromatic N) is 1. The summed E-state index contributed by atoms with van der Waals surface area (Å²) in [6.07, 6.45) is 6.79. The van der Waals surface area contributed by atoms with E-state index in [1.54, 1.807) is 0 Å². The molecule has 1 saturated carbocycles. The third-order valence-electron chi connectivity index (χ3n) is 3.64. The van der Waals surface area contributed by atoms with E-state index in [1.807, 2.05) is 12.3 Å². The van der Waals surface area contributed by atoms with E-state index in [4.69, 9.17) is 5.73 Å². The standard InChI is InChI=1S/C15H18N2/c16-14(12-6-7-12)8-5-11-9-13-3-1-2-4-15(13)17-10-11/h1-4,9-10,12,14H,5-8,16H2. The number of benzene rings is 1. The van der Waals surface area contributed by atoms with Crippen LogP contribution in [0.15, 0.2) is 36.5 Å².